The largest absolute Gasteiger partial charge is 0.207 e. The summed E-state index contributed by atoms with van der Waals surface area (Å²) in [5.74, 6) is -0.591. The number of aryl methyl sites for hydroxylation is 1. The third-order valence-electron chi connectivity index (χ3n) is 3.47. The van der Waals surface area contributed by atoms with Crippen LogP contribution in [0.4, 0.5) is 8.78 Å². The molecule has 0 aliphatic heterocycles. The zero-order chi connectivity index (χ0) is 16.5. The molecule has 0 heterocycles. The van der Waals surface area contributed by atoms with E-state index in [0.717, 1.165) is 36.8 Å². The van der Waals surface area contributed by atoms with Gasteiger partial charge in [0.2, 0.25) is 0 Å². The Bertz CT molecular complexity index is 676. The summed E-state index contributed by atoms with van der Waals surface area (Å²) in [5.41, 5.74) is 2.14. The molecular formula is C19H20F2N2. The van der Waals surface area contributed by atoms with Gasteiger partial charge in [0.15, 0.2) is 0 Å². The number of nitrogens with zero attached hydrogens (tertiary/aromatic N) is 2. The fourth-order valence-electron chi connectivity index (χ4n) is 2.15. The Morgan fingerprint density at radius 1 is 0.913 bits per heavy atom. The van der Waals surface area contributed by atoms with Crippen LogP contribution in [-0.2, 0) is 6.42 Å². The Hall–Kier alpha value is -2.36. The van der Waals surface area contributed by atoms with Crippen molar-refractivity contribution in [2.45, 2.75) is 32.6 Å². The standard InChI is InChI=1S/C19H20F2N2/c1-2-3-4-5-15-6-9-17(19(21)12-15)14-23-22-13-16-7-10-18(20)11-8-16/h6-14H,2-5H2,1H3/b22-13+,23-14+. The second-order valence-corrected chi connectivity index (χ2v) is 5.35. The van der Waals surface area contributed by atoms with Crippen molar-refractivity contribution in [3.05, 3.63) is 70.8 Å². The molecule has 0 amide bonds. The van der Waals surface area contributed by atoms with Gasteiger partial charge in [-0.15, -0.1) is 0 Å². The maximum Gasteiger partial charge on any atom is 0.132 e. The van der Waals surface area contributed by atoms with Crippen molar-refractivity contribution in [2.75, 3.05) is 0 Å². The molecule has 2 aromatic rings. The smallest absolute Gasteiger partial charge is 0.132 e. The molecule has 0 saturated heterocycles. The van der Waals surface area contributed by atoms with Gasteiger partial charge in [-0.2, -0.15) is 10.2 Å². The molecule has 0 aliphatic carbocycles. The van der Waals surface area contributed by atoms with Gasteiger partial charge in [0.05, 0.1) is 12.4 Å². The lowest BCUT2D eigenvalue weighted by atomic mass is 10.1. The molecule has 0 unspecified atom stereocenters. The van der Waals surface area contributed by atoms with Crippen molar-refractivity contribution in [1.29, 1.82) is 0 Å². The van der Waals surface area contributed by atoms with Crippen LogP contribution in [0.1, 0.15) is 42.9 Å². The van der Waals surface area contributed by atoms with E-state index in [9.17, 15) is 8.78 Å². The monoisotopic (exact) mass is 314 g/mol. The van der Waals surface area contributed by atoms with Crippen molar-refractivity contribution >= 4 is 12.4 Å². The lowest BCUT2D eigenvalue weighted by molar-refractivity contribution is 0.621. The van der Waals surface area contributed by atoms with E-state index >= 15 is 0 Å². The Balaban J connectivity index is 1.95. The minimum absolute atomic E-state index is 0.292. The minimum atomic E-state index is -0.299. The molecular weight excluding hydrogens is 294 g/mol. The van der Waals surface area contributed by atoms with Gasteiger partial charge in [0, 0.05) is 5.56 Å². The van der Waals surface area contributed by atoms with Crippen LogP contribution in [0, 0.1) is 11.6 Å². The molecule has 120 valence electrons. The zero-order valence-corrected chi connectivity index (χ0v) is 13.2. The molecule has 2 aromatic carbocycles. The van der Waals surface area contributed by atoms with Gasteiger partial charge < -0.3 is 0 Å². The molecule has 0 bridgehead atoms. The molecule has 0 radical (unpaired) electrons. The van der Waals surface area contributed by atoms with Crippen LogP contribution in [0.5, 0.6) is 0 Å². The third-order valence-corrected chi connectivity index (χ3v) is 3.47. The van der Waals surface area contributed by atoms with Crippen molar-refractivity contribution in [1.82, 2.24) is 0 Å². The lowest BCUT2D eigenvalue weighted by Gasteiger charge is -2.02. The van der Waals surface area contributed by atoms with Crippen molar-refractivity contribution in [3.8, 4) is 0 Å². The summed E-state index contributed by atoms with van der Waals surface area (Å²) in [6.45, 7) is 2.15. The van der Waals surface area contributed by atoms with Crippen LogP contribution < -0.4 is 0 Å². The molecule has 0 aromatic heterocycles. The topological polar surface area (TPSA) is 24.7 Å². The average Bonchev–Trinajstić information content (AvgIpc) is 2.55. The van der Waals surface area contributed by atoms with E-state index in [1.54, 1.807) is 24.3 Å². The van der Waals surface area contributed by atoms with Gasteiger partial charge in [-0.3, -0.25) is 0 Å². The molecule has 0 saturated carbocycles. The summed E-state index contributed by atoms with van der Waals surface area (Å²) < 4.78 is 26.7. The first kappa shape index (κ1) is 17.0. The summed E-state index contributed by atoms with van der Waals surface area (Å²) in [7, 11) is 0. The second kappa shape index (κ2) is 8.93. The molecule has 0 fully saturated rings. The summed E-state index contributed by atoms with van der Waals surface area (Å²) in [6, 6.07) is 11.1. The van der Waals surface area contributed by atoms with E-state index in [0.29, 0.717) is 5.56 Å². The van der Waals surface area contributed by atoms with Gasteiger partial charge >= 0.3 is 0 Å². The summed E-state index contributed by atoms with van der Waals surface area (Å²) >= 11 is 0. The quantitative estimate of drug-likeness (QED) is 0.383. The predicted molar refractivity (Wildman–Crippen MR) is 91.2 cm³/mol. The number of rotatable bonds is 7. The van der Waals surface area contributed by atoms with E-state index in [1.807, 2.05) is 6.07 Å². The van der Waals surface area contributed by atoms with Gasteiger partial charge in [0.1, 0.15) is 11.6 Å². The predicted octanol–water partition coefficient (Wildman–Crippen LogP) is 5.15. The number of unbranched alkanes of at least 4 members (excludes halogenated alkanes) is 2. The second-order valence-electron chi connectivity index (χ2n) is 5.35. The SMILES string of the molecule is CCCCCc1ccc(/C=N/N=C/c2ccc(F)cc2)c(F)c1. The molecule has 0 aliphatic rings. The summed E-state index contributed by atoms with van der Waals surface area (Å²) in [5, 5.41) is 7.68. The molecule has 0 atom stereocenters. The van der Waals surface area contributed by atoms with E-state index in [1.165, 1.54) is 24.6 Å². The maximum absolute atomic E-state index is 14.0. The fraction of sp³-hybridized carbons (Fsp3) is 0.263. The first-order valence-corrected chi connectivity index (χ1v) is 7.79. The maximum atomic E-state index is 14.0. The zero-order valence-electron chi connectivity index (χ0n) is 13.2. The van der Waals surface area contributed by atoms with Crippen molar-refractivity contribution in [3.63, 3.8) is 0 Å². The van der Waals surface area contributed by atoms with E-state index in [2.05, 4.69) is 17.1 Å². The van der Waals surface area contributed by atoms with Crippen LogP contribution in [0.3, 0.4) is 0 Å². The van der Waals surface area contributed by atoms with Gasteiger partial charge in [-0.25, -0.2) is 8.78 Å². The van der Waals surface area contributed by atoms with Crippen LogP contribution in [0.15, 0.2) is 52.7 Å². The average molecular weight is 314 g/mol. The highest BCUT2D eigenvalue weighted by Gasteiger charge is 2.01. The molecule has 2 rings (SSSR count). The van der Waals surface area contributed by atoms with Crippen molar-refractivity contribution in [2.24, 2.45) is 10.2 Å². The molecule has 0 spiro atoms. The molecule has 4 heteroatoms. The number of hydrogen-bond donors (Lipinski definition) is 0. The number of halogens is 2. The van der Waals surface area contributed by atoms with Crippen LogP contribution in [0.2, 0.25) is 0 Å². The Kier molecular flexibility index (Phi) is 6.60. The third kappa shape index (κ3) is 5.74. The van der Waals surface area contributed by atoms with Gasteiger partial charge in [0.25, 0.3) is 0 Å². The first-order valence-electron chi connectivity index (χ1n) is 7.79. The normalized spacial score (nSPS) is 11.6. The lowest BCUT2D eigenvalue weighted by Crippen LogP contribution is -1.92. The highest BCUT2D eigenvalue weighted by Crippen LogP contribution is 2.12. The minimum Gasteiger partial charge on any atom is -0.207 e. The van der Waals surface area contributed by atoms with Gasteiger partial charge in [-0.05, 0) is 42.2 Å². The van der Waals surface area contributed by atoms with Crippen LogP contribution >= 0.6 is 0 Å². The summed E-state index contributed by atoms with van der Waals surface area (Å²) in [6.07, 6.45) is 7.15. The fourth-order valence-corrected chi connectivity index (χ4v) is 2.15. The Morgan fingerprint density at radius 3 is 2.35 bits per heavy atom. The number of hydrogen-bond acceptors (Lipinski definition) is 2. The van der Waals surface area contributed by atoms with Gasteiger partial charge in [-0.1, -0.05) is 44.0 Å². The summed E-state index contributed by atoms with van der Waals surface area (Å²) in [4.78, 5) is 0. The van der Waals surface area contributed by atoms with E-state index in [4.69, 9.17) is 0 Å². The Morgan fingerprint density at radius 2 is 1.65 bits per heavy atom. The highest BCUT2D eigenvalue weighted by molar-refractivity contribution is 5.82. The highest BCUT2D eigenvalue weighted by atomic mass is 19.1. The molecule has 2 nitrogen and oxygen atoms in total. The van der Waals surface area contributed by atoms with Crippen LogP contribution in [-0.4, -0.2) is 12.4 Å². The first-order chi connectivity index (χ1) is 11.2. The van der Waals surface area contributed by atoms with Crippen molar-refractivity contribution < 1.29 is 8.78 Å². The van der Waals surface area contributed by atoms with Crippen LogP contribution in [0.25, 0.3) is 0 Å². The van der Waals surface area contributed by atoms with E-state index in [-0.39, 0.29) is 11.6 Å². The Labute approximate surface area is 135 Å². The molecule has 0 N–H and O–H groups in total. The van der Waals surface area contributed by atoms with E-state index < -0.39 is 0 Å². The number of benzene rings is 2. The molecule has 23 heavy (non-hydrogen) atoms.